The highest BCUT2D eigenvalue weighted by atomic mass is 32.2. The first-order valence-corrected chi connectivity index (χ1v) is 10.4. The van der Waals surface area contributed by atoms with Crippen molar-refractivity contribution in [2.75, 3.05) is 13.2 Å². The van der Waals surface area contributed by atoms with Gasteiger partial charge in [0.25, 0.3) is 0 Å². The number of allylic oxidation sites excluding steroid dienone is 2. The first-order chi connectivity index (χ1) is 12.4. The molecule has 1 saturated heterocycles. The van der Waals surface area contributed by atoms with Crippen molar-refractivity contribution in [1.82, 2.24) is 4.31 Å². The van der Waals surface area contributed by atoms with Crippen molar-refractivity contribution in [2.45, 2.75) is 44.0 Å². The van der Waals surface area contributed by atoms with Crippen molar-refractivity contribution >= 4 is 15.9 Å². The molecular formula is C20H25NO4S. The topological polar surface area (TPSA) is 63.7 Å². The second-order valence-corrected chi connectivity index (χ2v) is 9.32. The molecule has 1 heterocycles. The summed E-state index contributed by atoms with van der Waals surface area (Å²) >= 11 is 0. The number of sulfonamides is 1. The summed E-state index contributed by atoms with van der Waals surface area (Å²) in [5.74, 6) is -0.290. The molecule has 0 spiro atoms. The van der Waals surface area contributed by atoms with E-state index < -0.39 is 14.8 Å². The molecule has 3 rings (SSSR count). The highest BCUT2D eigenvalue weighted by Gasteiger charge is 2.45. The van der Waals surface area contributed by atoms with Gasteiger partial charge in [0, 0.05) is 13.0 Å². The predicted octanol–water partition coefficient (Wildman–Crippen LogP) is 3.19. The van der Waals surface area contributed by atoms with Crippen LogP contribution in [0.4, 0.5) is 0 Å². The van der Waals surface area contributed by atoms with E-state index in [0.717, 1.165) is 15.4 Å². The lowest BCUT2D eigenvalue weighted by Crippen LogP contribution is -2.46. The fraction of sp³-hybridized carbons (Fsp3) is 0.450. The van der Waals surface area contributed by atoms with Crippen molar-refractivity contribution in [3.05, 3.63) is 59.7 Å². The van der Waals surface area contributed by atoms with Crippen LogP contribution in [-0.4, -0.2) is 36.5 Å². The number of amides is 1. The molecular weight excluding hydrogens is 350 g/mol. The van der Waals surface area contributed by atoms with Crippen molar-refractivity contribution in [3.63, 3.8) is 0 Å². The molecule has 1 aromatic carbocycles. The number of hydrogen-bond donors (Lipinski definition) is 0. The Hall–Kier alpha value is -1.92. The average molecular weight is 375 g/mol. The second kappa shape index (κ2) is 7.76. The zero-order valence-electron chi connectivity index (χ0n) is 15.1. The summed E-state index contributed by atoms with van der Waals surface area (Å²) in [6, 6.07) is 9.93. The monoisotopic (exact) mass is 375 g/mol. The molecule has 0 unspecified atom stereocenters. The number of ether oxygens (including phenoxy) is 1. The molecule has 6 heteroatoms. The third-order valence-electron chi connectivity index (χ3n) is 4.90. The number of rotatable bonds is 7. The van der Waals surface area contributed by atoms with E-state index in [0.29, 0.717) is 45.4 Å². The minimum Gasteiger partial charge on any atom is -0.376 e. The Morgan fingerprint density at radius 2 is 2.00 bits per heavy atom. The van der Waals surface area contributed by atoms with Gasteiger partial charge in [0.15, 0.2) is 0 Å². The zero-order chi connectivity index (χ0) is 18.6. The summed E-state index contributed by atoms with van der Waals surface area (Å²) in [4.78, 5) is 11.9. The molecule has 2 aliphatic rings. The van der Waals surface area contributed by atoms with Gasteiger partial charge < -0.3 is 4.74 Å². The minimum absolute atomic E-state index is 0.290. The van der Waals surface area contributed by atoms with Crippen molar-refractivity contribution in [2.24, 2.45) is 0 Å². The maximum Gasteiger partial charge on any atom is 0.246 e. The Morgan fingerprint density at radius 3 is 2.69 bits per heavy atom. The summed E-state index contributed by atoms with van der Waals surface area (Å²) in [6.45, 7) is 3.05. The van der Waals surface area contributed by atoms with Crippen LogP contribution in [0, 0.1) is 0 Å². The quantitative estimate of drug-likeness (QED) is 0.687. The Kier molecular flexibility index (Phi) is 5.63. The largest absolute Gasteiger partial charge is 0.376 e. The van der Waals surface area contributed by atoms with Crippen LogP contribution in [0.1, 0.15) is 38.2 Å². The molecule has 1 fully saturated rings. The van der Waals surface area contributed by atoms with Gasteiger partial charge >= 0.3 is 0 Å². The molecule has 0 N–H and O–H groups in total. The smallest absolute Gasteiger partial charge is 0.246 e. The van der Waals surface area contributed by atoms with Crippen LogP contribution in [-0.2, 0) is 26.2 Å². The molecule has 1 atom stereocenters. The number of carbonyl (C=O) groups excluding carboxylic acids is 1. The van der Waals surface area contributed by atoms with Gasteiger partial charge in [-0.1, -0.05) is 48.6 Å². The van der Waals surface area contributed by atoms with Gasteiger partial charge in [0.1, 0.15) is 4.75 Å². The Labute approximate surface area is 155 Å². The third kappa shape index (κ3) is 3.91. The molecule has 26 heavy (non-hydrogen) atoms. The number of hydrogen-bond acceptors (Lipinski definition) is 4. The Bertz CT molecular complexity index is 813. The van der Waals surface area contributed by atoms with E-state index in [1.807, 2.05) is 42.5 Å². The maximum atomic E-state index is 13.0. The fourth-order valence-electron chi connectivity index (χ4n) is 3.36. The van der Waals surface area contributed by atoms with Crippen LogP contribution in [0.3, 0.4) is 0 Å². The van der Waals surface area contributed by atoms with Crippen LogP contribution in [0.2, 0.25) is 0 Å². The highest BCUT2D eigenvalue weighted by molar-refractivity contribution is 7.91. The van der Waals surface area contributed by atoms with E-state index >= 15 is 0 Å². The number of benzene rings is 1. The van der Waals surface area contributed by atoms with E-state index in [4.69, 9.17) is 4.74 Å². The number of nitrogens with zero attached hydrogens (tertiary/aromatic N) is 1. The summed E-state index contributed by atoms with van der Waals surface area (Å²) in [5, 5.41) is 0. The summed E-state index contributed by atoms with van der Waals surface area (Å²) in [7, 11) is -3.70. The Morgan fingerprint density at radius 1 is 1.23 bits per heavy atom. The first-order valence-electron chi connectivity index (χ1n) is 8.97. The summed E-state index contributed by atoms with van der Waals surface area (Å²) in [6.07, 6.45) is 7.57. The van der Waals surface area contributed by atoms with Gasteiger partial charge in [-0.15, -0.1) is 0 Å². The molecule has 140 valence electrons. The molecule has 0 radical (unpaired) electrons. The van der Waals surface area contributed by atoms with Crippen molar-refractivity contribution < 1.29 is 17.9 Å². The van der Waals surface area contributed by atoms with Crippen LogP contribution in [0.25, 0.3) is 0 Å². The molecule has 0 bridgehead atoms. The van der Waals surface area contributed by atoms with E-state index in [9.17, 15) is 13.2 Å². The molecule has 5 nitrogen and oxygen atoms in total. The van der Waals surface area contributed by atoms with Crippen molar-refractivity contribution in [3.8, 4) is 0 Å². The van der Waals surface area contributed by atoms with E-state index in [2.05, 4.69) is 0 Å². The van der Waals surface area contributed by atoms with E-state index in [-0.39, 0.29) is 5.91 Å². The molecule has 0 saturated carbocycles. The lowest BCUT2D eigenvalue weighted by molar-refractivity contribution is -0.123. The fourth-order valence-corrected chi connectivity index (χ4v) is 5.20. The normalized spacial score (nSPS) is 23.3. The van der Waals surface area contributed by atoms with Crippen LogP contribution in [0.15, 0.2) is 54.1 Å². The molecule has 1 aliphatic heterocycles. The average Bonchev–Trinajstić information content (AvgIpc) is 3.06. The Balaban J connectivity index is 1.62. The van der Waals surface area contributed by atoms with Gasteiger partial charge in [-0.05, 0) is 37.3 Å². The third-order valence-corrected chi connectivity index (χ3v) is 7.33. The van der Waals surface area contributed by atoms with Gasteiger partial charge in [-0.25, -0.2) is 12.7 Å². The van der Waals surface area contributed by atoms with Gasteiger partial charge in [0.2, 0.25) is 15.9 Å². The SMILES string of the molecule is C[C@@]1(S(=O)(=O)N2CCCC2=O)C=C(CCOCc2ccccc2)C=CC1. The van der Waals surface area contributed by atoms with Crippen LogP contribution < -0.4 is 0 Å². The molecule has 1 amide bonds. The zero-order valence-corrected chi connectivity index (χ0v) is 15.9. The van der Waals surface area contributed by atoms with E-state index in [1.54, 1.807) is 13.0 Å². The van der Waals surface area contributed by atoms with Gasteiger partial charge in [0.05, 0.1) is 13.2 Å². The molecule has 1 aromatic rings. The highest BCUT2D eigenvalue weighted by Crippen LogP contribution is 2.34. The molecule has 1 aliphatic carbocycles. The molecule has 0 aromatic heterocycles. The minimum atomic E-state index is -3.70. The van der Waals surface area contributed by atoms with Crippen LogP contribution in [0.5, 0.6) is 0 Å². The van der Waals surface area contributed by atoms with Crippen molar-refractivity contribution in [1.29, 1.82) is 0 Å². The summed E-state index contributed by atoms with van der Waals surface area (Å²) in [5.41, 5.74) is 2.04. The lowest BCUT2D eigenvalue weighted by Gasteiger charge is -2.32. The van der Waals surface area contributed by atoms with Crippen LogP contribution >= 0.6 is 0 Å². The predicted molar refractivity (Wildman–Crippen MR) is 101 cm³/mol. The summed E-state index contributed by atoms with van der Waals surface area (Å²) < 4.78 is 31.6. The van der Waals surface area contributed by atoms with Gasteiger partial charge in [-0.2, -0.15) is 0 Å². The maximum absolute atomic E-state index is 13.0. The lowest BCUT2D eigenvalue weighted by atomic mass is 9.95. The first kappa shape index (κ1) is 18.9. The van der Waals surface area contributed by atoms with E-state index in [1.165, 1.54) is 0 Å². The van der Waals surface area contributed by atoms with Gasteiger partial charge in [-0.3, -0.25) is 4.79 Å². The number of carbonyl (C=O) groups is 1. The standard InChI is InChI=1S/C20H25NO4S/c1-20(26(23,24)21-13-6-10-19(21)22)12-5-9-17(15-20)11-14-25-16-18-7-3-2-4-8-18/h2-5,7-9,15H,6,10-14,16H2,1H3/t20-/m0/s1. The second-order valence-electron chi connectivity index (χ2n) is 7.00.